The third-order valence-corrected chi connectivity index (χ3v) is 7.36. The Kier molecular flexibility index (Phi) is 10.4. The number of nitrogens with one attached hydrogen (secondary N) is 2. The van der Waals surface area contributed by atoms with Gasteiger partial charge in [0.2, 0.25) is 0 Å². The summed E-state index contributed by atoms with van der Waals surface area (Å²) in [4.78, 5) is 25.4. The third-order valence-electron chi connectivity index (χ3n) is 7.36. The minimum Gasteiger partial charge on any atom is -0.484 e. The zero-order valence-corrected chi connectivity index (χ0v) is 25.1. The van der Waals surface area contributed by atoms with E-state index < -0.39 is 0 Å². The van der Waals surface area contributed by atoms with Crippen LogP contribution in [0.3, 0.4) is 0 Å². The molecule has 0 aliphatic heterocycles. The van der Waals surface area contributed by atoms with Gasteiger partial charge in [-0.05, 0) is 99.5 Å². The Morgan fingerprint density at radius 2 is 0.818 bits per heavy atom. The Labute approximate surface area is 258 Å². The lowest BCUT2D eigenvalue weighted by atomic mass is 9.90. The van der Waals surface area contributed by atoms with Crippen molar-refractivity contribution in [3.63, 3.8) is 0 Å². The molecule has 0 bridgehead atoms. The average Bonchev–Trinajstić information content (AvgIpc) is 3.03. The highest BCUT2D eigenvalue weighted by atomic mass is 16.5. The van der Waals surface area contributed by atoms with Crippen molar-refractivity contribution in [2.45, 2.75) is 51.6 Å². The summed E-state index contributed by atoms with van der Waals surface area (Å²) in [6.45, 7) is 3.81. The highest BCUT2D eigenvalue weighted by molar-refractivity contribution is 5.79. The number of hydrogen-bond acceptors (Lipinski definition) is 6. The van der Waals surface area contributed by atoms with Crippen LogP contribution in [0.2, 0.25) is 0 Å². The summed E-state index contributed by atoms with van der Waals surface area (Å²) in [5.74, 6) is 3.53. The predicted molar refractivity (Wildman–Crippen MR) is 169 cm³/mol. The summed E-state index contributed by atoms with van der Waals surface area (Å²) in [5, 5.41) is 6.08. The minimum absolute atomic E-state index is 0.123. The number of carbonyl (C=O) groups excluding carboxylic acids is 2. The quantitative estimate of drug-likeness (QED) is 0.186. The molecule has 2 N–H and O–H groups in total. The van der Waals surface area contributed by atoms with Gasteiger partial charge in [-0.3, -0.25) is 9.59 Å². The third kappa shape index (κ3) is 9.26. The highest BCUT2D eigenvalue weighted by Crippen LogP contribution is 2.26. The maximum atomic E-state index is 12.7. The molecule has 0 spiro atoms. The molecule has 0 radical (unpaired) electrons. The van der Waals surface area contributed by atoms with Gasteiger partial charge in [0.25, 0.3) is 11.8 Å². The van der Waals surface area contributed by atoms with E-state index in [1.165, 1.54) is 0 Å². The van der Waals surface area contributed by atoms with Crippen molar-refractivity contribution in [1.29, 1.82) is 0 Å². The standard InChI is InChI=1S/C36H38N2O6/c1-25-7-11-29(12-8-25)43-31-19-15-27(16-20-31)41-23-35(39)37-33-5-3-4-6-34(33)38-36(40)24-42-28-17-21-32(22-18-28)44-30-13-9-26(2)10-14-30/h7-22,33-34H,3-6,23-24H2,1-2H3,(H,37,39)(H,38,40)/t33-,34-/m1/s1. The fraction of sp³-hybridized carbons (Fsp3) is 0.278. The molecule has 5 rings (SSSR count). The lowest BCUT2D eigenvalue weighted by Crippen LogP contribution is -2.54. The molecular weight excluding hydrogens is 556 g/mol. The van der Waals surface area contributed by atoms with Crippen molar-refractivity contribution >= 4 is 11.8 Å². The molecule has 0 heterocycles. The molecule has 0 unspecified atom stereocenters. The minimum atomic E-state index is -0.236. The lowest BCUT2D eigenvalue weighted by Gasteiger charge is -2.32. The summed E-state index contributed by atoms with van der Waals surface area (Å²) >= 11 is 0. The fourth-order valence-corrected chi connectivity index (χ4v) is 4.96. The van der Waals surface area contributed by atoms with Gasteiger partial charge in [-0.25, -0.2) is 0 Å². The van der Waals surface area contributed by atoms with Gasteiger partial charge in [-0.1, -0.05) is 48.2 Å². The Balaban J connectivity index is 1.04. The van der Waals surface area contributed by atoms with Crippen LogP contribution in [0.15, 0.2) is 97.1 Å². The molecule has 4 aromatic rings. The lowest BCUT2D eigenvalue weighted by molar-refractivity contribution is -0.127. The number of ether oxygens (including phenoxy) is 4. The van der Waals surface area contributed by atoms with Crippen molar-refractivity contribution in [3.05, 3.63) is 108 Å². The number of hydrogen-bond donors (Lipinski definition) is 2. The average molecular weight is 595 g/mol. The van der Waals surface area contributed by atoms with E-state index in [-0.39, 0.29) is 37.1 Å². The Morgan fingerprint density at radius 3 is 1.16 bits per heavy atom. The van der Waals surface area contributed by atoms with Gasteiger partial charge in [0.15, 0.2) is 13.2 Å². The van der Waals surface area contributed by atoms with E-state index >= 15 is 0 Å². The van der Waals surface area contributed by atoms with Gasteiger partial charge < -0.3 is 29.6 Å². The van der Waals surface area contributed by atoms with Crippen molar-refractivity contribution < 1.29 is 28.5 Å². The van der Waals surface area contributed by atoms with Gasteiger partial charge >= 0.3 is 0 Å². The molecule has 2 amide bonds. The topological polar surface area (TPSA) is 95.1 Å². The number of aryl methyl sites for hydroxylation is 2. The van der Waals surface area contributed by atoms with Gasteiger partial charge in [-0.15, -0.1) is 0 Å². The monoisotopic (exact) mass is 594 g/mol. The predicted octanol–water partition coefficient (Wildman–Crippen LogP) is 6.89. The van der Waals surface area contributed by atoms with E-state index in [1.54, 1.807) is 48.5 Å². The largest absolute Gasteiger partial charge is 0.484 e. The molecule has 1 aliphatic rings. The van der Waals surface area contributed by atoms with E-state index in [9.17, 15) is 9.59 Å². The van der Waals surface area contributed by atoms with E-state index in [2.05, 4.69) is 10.6 Å². The van der Waals surface area contributed by atoms with E-state index in [1.807, 2.05) is 62.4 Å². The van der Waals surface area contributed by atoms with Crippen LogP contribution in [0.1, 0.15) is 36.8 Å². The van der Waals surface area contributed by atoms with E-state index in [4.69, 9.17) is 18.9 Å². The summed E-state index contributed by atoms with van der Waals surface area (Å²) in [6.07, 6.45) is 3.53. The fourth-order valence-electron chi connectivity index (χ4n) is 4.96. The van der Waals surface area contributed by atoms with Gasteiger partial charge in [-0.2, -0.15) is 0 Å². The van der Waals surface area contributed by atoms with Gasteiger partial charge in [0.1, 0.15) is 34.5 Å². The normalized spacial score (nSPS) is 16.0. The SMILES string of the molecule is Cc1ccc(Oc2ccc(OCC(=O)N[C@@H]3CCCC[C@H]3NC(=O)COc3ccc(Oc4ccc(C)cc4)cc3)cc2)cc1. The van der Waals surface area contributed by atoms with Crippen LogP contribution in [0.25, 0.3) is 0 Å². The van der Waals surface area contributed by atoms with Crippen molar-refractivity contribution in [1.82, 2.24) is 10.6 Å². The van der Waals surface area contributed by atoms with Crippen molar-refractivity contribution in [2.24, 2.45) is 0 Å². The molecule has 228 valence electrons. The van der Waals surface area contributed by atoms with Gasteiger partial charge in [0.05, 0.1) is 0 Å². The van der Waals surface area contributed by atoms with Crippen molar-refractivity contribution in [3.8, 4) is 34.5 Å². The maximum absolute atomic E-state index is 12.7. The van der Waals surface area contributed by atoms with Crippen LogP contribution < -0.4 is 29.6 Å². The first kappa shape index (κ1) is 30.5. The van der Waals surface area contributed by atoms with Crippen LogP contribution in [0.5, 0.6) is 34.5 Å². The Bertz CT molecular complexity index is 1390. The number of carbonyl (C=O) groups is 2. The number of rotatable bonds is 12. The molecule has 0 aromatic heterocycles. The van der Waals surface area contributed by atoms with Crippen LogP contribution in [0.4, 0.5) is 0 Å². The Hall–Kier alpha value is -4.98. The smallest absolute Gasteiger partial charge is 0.258 e. The summed E-state index contributed by atoms with van der Waals surface area (Å²) in [6, 6.07) is 29.6. The zero-order valence-electron chi connectivity index (χ0n) is 25.1. The second kappa shape index (κ2) is 15.0. The second-order valence-corrected chi connectivity index (χ2v) is 11.0. The molecule has 1 fully saturated rings. The van der Waals surface area contributed by atoms with Crippen LogP contribution in [0, 0.1) is 13.8 Å². The molecule has 4 aromatic carbocycles. The highest BCUT2D eigenvalue weighted by Gasteiger charge is 2.28. The number of benzene rings is 4. The molecule has 1 aliphatic carbocycles. The van der Waals surface area contributed by atoms with Crippen LogP contribution >= 0.6 is 0 Å². The van der Waals surface area contributed by atoms with Gasteiger partial charge in [0, 0.05) is 12.1 Å². The summed E-state index contributed by atoms with van der Waals surface area (Å²) in [7, 11) is 0. The molecule has 0 saturated heterocycles. The molecule has 8 nitrogen and oxygen atoms in total. The first-order valence-electron chi connectivity index (χ1n) is 14.9. The van der Waals surface area contributed by atoms with Crippen molar-refractivity contribution in [2.75, 3.05) is 13.2 Å². The maximum Gasteiger partial charge on any atom is 0.258 e. The summed E-state index contributed by atoms with van der Waals surface area (Å²) in [5.41, 5.74) is 2.33. The molecular formula is C36H38N2O6. The summed E-state index contributed by atoms with van der Waals surface area (Å²) < 4.78 is 23.1. The zero-order chi connectivity index (χ0) is 30.7. The molecule has 1 saturated carbocycles. The molecule has 8 heteroatoms. The molecule has 44 heavy (non-hydrogen) atoms. The van der Waals surface area contributed by atoms with E-state index in [0.29, 0.717) is 23.0 Å². The Morgan fingerprint density at radius 1 is 0.523 bits per heavy atom. The van der Waals surface area contributed by atoms with Crippen LogP contribution in [-0.4, -0.2) is 37.1 Å². The first-order chi connectivity index (χ1) is 21.4. The number of amides is 2. The first-order valence-corrected chi connectivity index (χ1v) is 14.9. The molecule has 2 atom stereocenters. The van der Waals surface area contributed by atoms with E-state index in [0.717, 1.165) is 48.3 Å². The van der Waals surface area contributed by atoms with Crippen LogP contribution in [-0.2, 0) is 9.59 Å². The second-order valence-electron chi connectivity index (χ2n) is 11.0.